The Morgan fingerprint density at radius 1 is 1.44 bits per heavy atom. The van der Waals surface area contributed by atoms with Gasteiger partial charge in [0.25, 0.3) is 5.69 Å². The molecule has 0 bridgehead atoms. The van der Waals surface area contributed by atoms with Crippen molar-refractivity contribution in [2.45, 2.75) is 32.6 Å². The Hall–Kier alpha value is -1.89. The molecule has 16 heavy (non-hydrogen) atoms. The van der Waals surface area contributed by atoms with E-state index in [1.807, 2.05) is 26.8 Å². The van der Waals surface area contributed by atoms with Crippen LogP contribution in [0.2, 0.25) is 0 Å². The van der Waals surface area contributed by atoms with Crippen molar-refractivity contribution in [1.82, 2.24) is 0 Å². The molecule has 4 nitrogen and oxygen atoms in total. The van der Waals surface area contributed by atoms with Crippen LogP contribution in [-0.4, -0.2) is 4.92 Å². The van der Waals surface area contributed by atoms with Crippen molar-refractivity contribution in [3.63, 3.8) is 0 Å². The van der Waals surface area contributed by atoms with Gasteiger partial charge in [-0.15, -0.1) is 0 Å². The Balaban J connectivity index is 3.29. The van der Waals surface area contributed by atoms with Crippen molar-refractivity contribution >= 4 is 5.69 Å². The number of benzene rings is 1. The molecule has 0 saturated carbocycles. The second kappa shape index (κ2) is 4.31. The number of nitriles is 1. The molecular formula is C12H14N2O2. The van der Waals surface area contributed by atoms with Gasteiger partial charge in [0.15, 0.2) is 0 Å². The van der Waals surface area contributed by atoms with Crippen LogP contribution in [-0.2, 0) is 11.8 Å². The summed E-state index contributed by atoms with van der Waals surface area (Å²) in [4.78, 5) is 10.3. The van der Waals surface area contributed by atoms with Crippen LogP contribution < -0.4 is 0 Å². The topological polar surface area (TPSA) is 66.9 Å². The summed E-state index contributed by atoms with van der Waals surface area (Å²) >= 11 is 0. The third kappa shape index (κ3) is 2.57. The zero-order chi connectivity index (χ0) is 12.3. The predicted octanol–water partition coefficient (Wildman–Crippen LogP) is 2.96. The highest BCUT2D eigenvalue weighted by Gasteiger charge is 2.19. The third-order valence-electron chi connectivity index (χ3n) is 2.41. The van der Waals surface area contributed by atoms with E-state index in [1.54, 1.807) is 12.1 Å². The molecule has 0 heterocycles. The van der Waals surface area contributed by atoms with Gasteiger partial charge in [0.2, 0.25) is 0 Å². The van der Waals surface area contributed by atoms with Crippen LogP contribution in [0.3, 0.4) is 0 Å². The van der Waals surface area contributed by atoms with Gasteiger partial charge >= 0.3 is 0 Å². The molecule has 84 valence electrons. The van der Waals surface area contributed by atoms with Gasteiger partial charge in [-0.25, -0.2) is 0 Å². The van der Waals surface area contributed by atoms with E-state index in [-0.39, 0.29) is 17.5 Å². The van der Waals surface area contributed by atoms with Crippen LogP contribution >= 0.6 is 0 Å². The predicted molar refractivity (Wildman–Crippen MR) is 61.1 cm³/mol. The smallest absolute Gasteiger partial charge is 0.258 e. The first-order chi connectivity index (χ1) is 7.36. The lowest BCUT2D eigenvalue weighted by atomic mass is 9.85. The van der Waals surface area contributed by atoms with Gasteiger partial charge in [0.05, 0.1) is 17.4 Å². The van der Waals surface area contributed by atoms with Gasteiger partial charge in [-0.1, -0.05) is 26.8 Å². The first kappa shape index (κ1) is 12.2. The van der Waals surface area contributed by atoms with Crippen LogP contribution in [0.4, 0.5) is 5.69 Å². The quantitative estimate of drug-likeness (QED) is 0.566. The SMILES string of the molecule is CC(C)(C)c1ccc([N+](=O)[O-])c(CC#N)c1. The average Bonchev–Trinajstić information content (AvgIpc) is 2.16. The average molecular weight is 218 g/mol. The number of hydrogen-bond donors (Lipinski definition) is 0. The summed E-state index contributed by atoms with van der Waals surface area (Å²) < 4.78 is 0. The fraction of sp³-hybridized carbons (Fsp3) is 0.417. The van der Waals surface area contributed by atoms with Crippen molar-refractivity contribution < 1.29 is 4.92 Å². The lowest BCUT2D eigenvalue weighted by Gasteiger charge is -2.19. The van der Waals surface area contributed by atoms with Gasteiger partial charge in [-0.2, -0.15) is 5.26 Å². The molecule has 4 heteroatoms. The lowest BCUT2D eigenvalue weighted by Crippen LogP contribution is -2.11. The number of nitrogens with zero attached hydrogens (tertiary/aromatic N) is 2. The minimum atomic E-state index is -0.445. The molecule has 0 radical (unpaired) electrons. The highest BCUT2D eigenvalue weighted by molar-refractivity contribution is 5.45. The molecule has 0 spiro atoms. The molecule has 0 amide bonds. The summed E-state index contributed by atoms with van der Waals surface area (Å²) in [5.41, 5.74) is 1.44. The maximum atomic E-state index is 10.8. The molecule has 1 aromatic rings. The summed E-state index contributed by atoms with van der Waals surface area (Å²) in [7, 11) is 0. The highest BCUT2D eigenvalue weighted by Crippen LogP contribution is 2.28. The van der Waals surface area contributed by atoms with E-state index in [2.05, 4.69) is 0 Å². The van der Waals surface area contributed by atoms with Crippen molar-refractivity contribution in [3.05, 3.63) is 39.4 Å². The van der Waals surface area contributed by atoms with Gasteiger partial charge in [-0.3, -0.25) is 10.1 Å². The third-order valence-corrected chi connectivity index (χ3v) is 2.41. The Bertz CT molecular complexity index is 453. The summed E-state index contributed by atoms with van der Waals surface area (Å²) in [6.07, 6.45) is 0.0697. The van der Waals surface area contributed by atoms with E-state index in [9.17, 15) is 10.1 Å². The second-order valence-electron chi connectivity index (χ2n) is 4.69. The van der Waals surface area contributed by atoms with Crippen molar-refractivity contribution in [2.24, 2.45) is 0 Å². The Morgan fingerprint density at radius 2 is 2.06 bits per heavy atom. The summed E-state index contributed by atoms with van der Waals surface area (Å²) in [5, 5.41) is 19.4. The maximum absolute atomic E-state index is 10.8. The monoisotopic (exact) mass is 218 g/mol. The maximum Gasteiger partial charge on any atom is 0.273 e. The van der Waals surface area contributed by atoms with Gasteiger partial charge in [0, 0.05) is 11.6 Å². The molecule has 0 aromatic heterocycles. The molecule has 0 fully saturated rings. The zero-order valence-corrected chi connectivity index (χ0v) is 9.65. The molecule has 0 aliphatic heterocycles. The van der Waals surface area contributed by atoms with E-state index in [1.165, 1.54) is 6.07 Å². The minimum Gasteiger partial charge on any atom is -0.258 e. The fourth-order valence-corrected chi connectivity index (χ4v) is 1.46. The minimum absolute atomic E-state index is 0.0227. The van der Waals surface area contributed by atoms with Gasteiger partial charge in [-0.05, 0) is 17.0 Å². The van der Waals surface area contributed by atoms with Gasteiger partial charge in [0.1, 0.15) is 0 Å². The molecule has 0 unspecified atom stereocenters. The highest BCUT2D eigenvalue weighted by atomic mass is 16.6. The summed E-state index contributed by atoms with van der Waals surface area (Å²) in [6.45, 7) is 6.10. The lowest BCUT2D eigenvalue weighted by molar-refractivity contribution is -0.385. The van der Waals surface area contributed by atoms with E-state index in [0.29, 0.717) is 5.56 Å². The molecule has 1 aromatic carbocycles. The number of hydrogen-bond acceptors (Lipinski definition) is 3. The van der Waals surface area contributed by atoms with Crippen molar-refractivity contribution in [2.75, 3.05) is 0 Å². The molecule has 1 rings (SSSR count). The van der Waals surface area contributed by atoms with E-state index in [4.69, 9.17) is 5.26 Å². The Morgan fingerprint density at radius 3 is 2.50 bits per heavy atom. The van der Waals surface area contributed by atoms with Gasteiger partial charge < -0.3 is 0 Å². The number of nitro benzene ring substituents is 1. The van der Waals surface area contributed by atoms with Crippen LogP contribution in [0.5, 0.6) is 0 Å². The summed E-state index contributed by atoms with van der Waals surface area (Å²) in [5.74, 6) is 0. The molecule has 0 atom stereocenters. The fourth-order valence-electron chi connectivity index (χ4n) is 1.46. The van der Waals surface area contributed by atoms with Crippen molar-refractivity contribution in [3.8, 4) is 6.07 Å². The largest absolute Gasteiger partial charge is 0.273 e. The van der Waals surface area contributed by atoms with Crippen molar-refractivity contribution in [1.29, 1.82) is 5.26 Å². The Labute approximate surface area is 94.7 Å². The Kier molecular flexibility index (Phi) is 3.28. The molecular weight excluding hydrogens is 204 g/mol. The van der Waals surface area contributed by atoms with Crippen LogP contribution in [0.15, 0.2) is 18.2 Å². The van der Waals surface area contributed by atoms with E-state index < -0.39 is 4.92 Å². The summed E-state index contributed by atoms with van der Waals surface area (Å²) in [6, 6.07) is 6.93. The first-order valence-electron chi connectivity index (χ1n) is 5.01. The number of nitro groups is 1. The molecule has 0 aliphatic rings. The van der Waals surface area contributed by atoms with Crippen LogP contribution in [0, 0.1) is 21.4 Å². The van der Waals surface area contributed by atoms with E-state index in [0.717, 1.165) is 5.56 Å². The first-order valence-corrected chi connectivity index (χ1v) is 5.01. The molecule has 0 aliphatic carbocycles. The van der Waals surface area contributed by atoms with E-state index >= 15 is 0 Å². The second-order valence-corrected chi connectivity index (χ2v) is 4.69. The zero-order valence-electron chi connectivity index (χ0n) is 9.65. The van der Waals surface area contributed by atoms with Crippen LogP contribution in [0.1, 0.15) is 31.9 Å². The number of rotatable bonds is 2. The molecule has 0 N–H and O–H groups in total. The van der Waals surface area contributed by atoms with Crippen LogP contribution in [0.25, 0.3) is 0 Å². The standard InChI is InChI=1S/C12H14N2O2/c1-12(2,3)10-4-5-11(14(15)16)9(8-10)6-7-13/h4-5,8H,6H2,1-3H3. The normalized spacial score (nSPS) is 10.9. The molecule has 0 saturated heterocycles.